The van der Waals surface area contributed by atoms with Crippen molar-refractivity contribution in [2.45, 2.75) is 52.6 Å². The minimum atomic E-state index is 0.325. The van der Waals surface area contributed by atoms with E-state index in [1.807, 2.05) is 19.3 Å². The van der Waals surface area contributed by atoms with Crippen LogP contribution in [-0.2, 0) is 13.0 Å². The van der Waals surface area contributed by atoms with Crippen molar-refractivity contribution in [2.75, 3.05) is 34.8 Å². The Morgan fingerprint density at radius 2 is 1.69 bits per heavy atom. The lowest BCUT2D eigenvalue weighted by Crippen LogP contribution is -2.34. The van der Waals surface area contributed by atoms with Crippen molar-refractivity contribution in [2.24, 2.45) is 0 Å². The maximum Gasteiger partial charge on any atom is 0.227 e. The molecule has 138 valence electrons. The van der Waals surface area contributed by atoms with Crippen LogP contribution in [0.2, 0.25) is 0 Å². The van der Waals surface area contributed by atoms with Crippen LogP contribution < -0.4 is 15.1 Å². The minimum Gasteiger partial charge on any atom is -0.367 e. The molecule has 26 heavy (non-hydrogen) atoms. The van der Waals surface area contributed by atoms with Crippen molar-refractivity contribution in [1.29, 1.82) is 0 Å². The lowest BCUT2D eigenvalue weighted by atomic mass is 10.1. The van der Waals surface area contributed by atoms with Gasteiger partial charge in [-0.25, -0.2) is 15.0 Å². The minimum absolute atomic E-state index is 0.325. The molecule has 0 saturated carbocycles. The first-order valence-electron chi connectivity index (χ1n) is 9.55. The summed E-state index contributed by atoms with van der Waals surface area (Å²) in [5.41, 5.74) is 3.41. The molecule has 0 radical (unpaired) electrons. The van der Waals surface area contributed by atoms with Gasteiger partial charge >= 0.3 is 0 Å². The third kappa shape index (κ3) is 3.43. The maximum atomic E-state index is 4.91. The van der Waals surface area contributed by atoms with Crippen molar-refractivity contribution in [3.63, 3.8) is 0 Å². The van der Waals surface area contributed by atoms with Crippen LogP contribution in [0.5, 0.6) is 0 Å². The lowest BCUT2D eigenvalue weighted by Gasteiger charge is -2.31. The summed E-state index contributed by atoms with van der Waals surface area (Å²) < 4.78 is 0. The van der Waals surface area contributed by atoms with Crippen molar-refractivity contribution in [3.8, 4) is 0 Å². The van der Waals surface area contributed by atoms with Gasteiger partial charge in [0.15, 0.2) is 0 Å². The molecule has 0 bridgehead atoms. The average Bonchev–Trinajstić information content (AvgIpc) is 3.16. The standard InChI is InChI=1S/C19H27N7/c1-13(2)22-17-15-12-26(18-20-10-14(3)11-21-18)9-6-16(15)23-19(24-17)25-7-4-5-8-25/h10-11,13H,4-9,12H2,1-3H3,(H,22,23,24). The van der Waals surface area contributed by atoms with Crippen LogP contribution in [0.3, 0.4) is 0 Å². The Morgan fingerprint density at radius 3 is 2.38 bits per heavy atom. The van der Waals surface area contributed by atoms with Crippen molar-refractivity contribution in [3.05, 3.63) is 29.2 Å². The first-order chi connectivity index (χ1) is 12.6. The van der Waals surface area contributed by atoms with Gasteiger partial charge in [0, 0.05) is 50.1 Å². The van der Waals surface area contributed by atoms with Gasteiger partial charge in [-0.15, -0.1) is 0 Å². The predicted octanol–water partition coefficient (Wildman–Crippen LogP) is 2.56. The SMILES string of the molecule is Cc1cnc(N2CCc3nc(N4CCCC4)nc(NC(C)C)c3C2)nc1. The lowest BCUT2D eigenvalue weighted by molar-refractivity contribution is 0.681. The molecule has 0 spiro atoms. The zero-order chi connectivity index (χ0) is 18.1. The molecule has 0 atom stereocenters. The summed E-state index contributed by atoms with van der Waals surface area (Å²) in [6.07, 6.45) is 7.09. The maximum absolute atomic E-state index is 4.91. The van der Waals surface area contributed by atoms with Crippen molar-refractivity contribution in [1.82, 2.24) is 19.9 Å². The number of aryl methyl sites for hydroxylation is 1. The second-order valence-electron chi connectivity index (χ2n) is 7.52. The number of nitrogens with zero attached hydrogens (tertiary/aromatic N) is 6. The van der Waals surface area contributed by atoms with E-state index in [1.165, 1.54) is 18.4 Å². The quantitative estimate of drug-likeness (QED) is 0.906. The van der Waals surface area contributed by atoms with E-state index in [0.29, 0.717) is 6.04 Å². The van der Waals surface area contributed by atoms with Gasteiger partial charge in [-0.05, 0) is 39.2 Å². The van der Waals surface area contributed by atoms with Crippen LogP contribution >= 0.6 is 0 Å². The van der Waals surface area contributed by atoms with E-state index in [1.54, 1.807) is 0 Å². The molecule has 0 aromatic carbocycles. The Hall–Kier alpha value is -2.44. The molecule has 2 aliphatic rings. The fourth-order valence-electron chi connectivity index (χ4n) is 3.57. The second-order valence-corrected chi connectivity index (χ2v) is 7.52. The molecular formula is C19H27N7. The van der Waals surface area contributed by atoms with Gasteiger partial charge in [-0.2, -0.15) is 4.98 Å². The number of hydrogen-bond donors (Lipinski definition) is 1. The molecule has 0 aliphatic carbocycles. The summed E-state index contributed by atoms with van der Waals surface area (Å²) in [6, 6.07) is 0.325. The van der Waals surface area contributed by atoms with Crippen LogP contribution in [0.4, 0.5) is 17.7 Å². The smallest absolute Gasteiger partial charge is 0.227 e. The highest BCUT2D eigenvalue weighted by molar-refractivity contribution is 5.55. The van der Waals surface area contributed by atoms with Crippen molar-refractivity contribution < 1.29 is 0 Å². The molecule has 0 amide bonds. The highest BCUT2D eigenvalue weighted by Crippen LogP contribution is 2.29. The summed E-state index contributed by atoms with van der Waals surface area (Å²) in [4.78, 5) is 23.3. The first kappa shape index (κ1) is 17.0. The number of anilines is 3. The number of hydrogen-bond acceptors (Lipinski definition) is 7. The molecule has 2 aliphatic heterocycles. The Morgan fingerprint density at radius 1 is 0.962 bits per heavy atom. The highest BCUT2D eigenvalue weighted by atomic mass is 15.3. The van der Waals surface area contributed by atoms with E-state index in [-0.39, 0.29) is 0 Å². The molecule has 0 unspecified atom stereocenters. The number of fused-ring (bicyclic) bond motifs is 1. The van der Waals surface area contributed by atoms with E-state index in [9.17, 15) is 0 Å². The summed E-state index contributed by atoms with van der Waals surface area (Å²) in [5, 5.41) is 3.53. The number of aromatic nitrogens is 4. The van der Waals surface area contributed by atoms with E-state index < -0.39 is 0 Å². The fraction of sp³-hybridized carbons (Fsp3) is 0.579. The van der Waals surface area contributed by atoms with Crippen LogP contribution in [0.1, 0.15) is 43.5 Å². The largest absolute Gasteiger partial charge is 0.367 e. The van der Waals surface area contributed by atoms with Crippen LogP contribution in [0.25, 0.3) is 0 Å². The monoisotopic (exact) mass is 353 g/mol. The predicted molar refractivity (Wildman–Crippen MR) is 104 cm³/mol. The third-order valence-electron chi connectivity index (χ3n) is 4.91. The van der Waals surface area contributed by atoms with Gasteiger partial charge in [0.25, 0.3) is 0 Å². The Balaban J connectivity index is 1.66. The fourth-order valence-corrected chi connectivity index (χ4v) is 3.57. The molecular weight excluding hydrogens is 326 g/mol. The highest BCUT2D eigenvalue weighted by Gasteiger charge is 2.26. The van der Waals surface area contributed by atoms with Crippen LogP contribution in [-0.4, -0.2) is 45.6 Å². The normalized spacial score (nSPS) is 16.9. The zero-order valence-electron chi connectivity index (χ0n) is 15.9. The molecule has 4 rings (SSSR count). The molecule has 4 heterocycles. The summed E-state index contributed by atoms with van der Waals surface area (Å²) in [6.45, 7) is 10.0. The molecule has 7 nitrogen and oxygen atoms in total. The topological polar surface area (TPSA) is 70.1 Å². The van der Waals surface area contributed by atoms with Crippen LogP contribution in [0, 0.1) is 6.92 Å². The summed E-state index contributed by atoms with van der Waals surface area (Å²) in [5.74, 6) is 2.62. The second kappa shape index (κ2) is 7.05. The van der Waals surface area contributed by atoms with Gasteiger partial charge in [0.2, 0.25) is 11.9 Å². The van der Waals surface area contributed by atoms with Crippen molar-refractivity contribution >= 4 is 17.7 Å². The molecule has 2 aromatic rings. The Bertz CT molecular complexity index is 766. The third-order valence-corrected chi connectivity index (χ3v) is 4.91. The van der Waals surface area contributed by atoms with E-state index >= 15 is 0 Å². The van der Waals surface area contributed by atoms with Gasteiger partial charge < -0.3 is 15.1 Å². The molecule has 1 N–H and O–H groups in total. The van der Waals surface area contributed by atoms with E-state index in [0.717, 1.165) is 61.6 Å². The van der Waals surface area contributed by atoms with Gasteiger partial charge in [-0.1, -0.05) is 0 Å². The van der Waals surface area contributed by atoms with Gasteiger partial charge in [0.1, 0.15) is 5.82 Å². The number of nitrogens with one attached hydrogen (secondary N) is 1. The number of rotatable bonds is 4. The Labute approximate surface area is 154 Å². The molecule has 2 aromatic heterocycles. The first-order valence-corrected chi connectivity index (χ1v) is 9.55. The van der Waals surface area contributed by atoms with Gasteiger partial charge in [0.05, 0.1) is 12.2 Å². The van der Waals surface area contributed by atoms with E-state index in [4.69, 9.17) is 9.97 Å². The summed E-state index contributed by atoms with van der Waals surface area (Å²) >= 11 is 0. The summed E-state index contributed by atoms with van der Waals surface area (Å²) in [7, 11) is 0. The molecule has 7 heteroatoms. The zero-order valence-corrected chi connectivity index (χ0v) is 15.9. The molecule has 1 fully saturated rings. The average molecular weight is 353 g/mol. The van der Waals surface area contributed by atoms with Crippen LogP contribution in [0.15, 0.2) is 12.4 Å². The van der Waals surface area contributed by atoms with E-state index in [2.05, 4.69) is 38.9 Å². The Kier molecular flexibility index (Phi) is 4.61. The molecule has 1 saturated heterocycles. The van der Waals surface area contributed by atoms with Gasteiger partial charge in [-0.3, -0.25) is 0 Å².